The monoisotopic (exact) mass is 558 g/mol. The van der Waals surface area contributed by atoms with E-state index in [-0.39, 0.29) is 17.7 Å². The number of rotatable bonds is 11. The third-order valence-electron chi connectivity index (χ3n) is 7.53. The molecule has 0 aliphatic carbocycles. The molecule has 1 aliphatic rings. The molecule has 2 aromatic carbocycles. The molecule has 5 rings (SSSR count). The number of hydrogen-bond donors (Lipinski definition) is 2. The second-order valence-corrected chi connectivity index (χ2v) is 11.5. The number of fused-ring (bicyclic) bond motifs is 1. The van der Waals surface area contributed by atoms with Crippen LogP contribution in [0.4, 0.5) is 0 Å². The van der Waals surface area contributed by atoms with Crippen LogP contribution in [-0.2, 0) is 24.4 Å². The van der Waals surface area contributed by atoms with Crippen LogP contribution in [-0.4, -0.2) is 48.0 Å². The van der Waals surface area contributed by atoms with Gasteiger partial charge in [-0.3, -0.25) is 9.59 Å². The van der Waals surface area contributed by atoms with Gasteiger partial charge in [0.2, 0.25) is 5.91 Å². The van der Waals surface area contributed by atoms with E-state index in [9.17, 15) is 9.59 Å². The summed E-state index contributed by atoms with van der Waals surface area (Å²) in [6.07, 6.45) is 2.33. The maximum absolute atomic E-state index is 13.8. The summed E-state index contributed by atoms with van der Waals surface area (Å²) in [6, 6.07) is 22.7. The van der Waals surface area contributed by atoms with Gasteiger partial charge in [0.15, 0.2) is 0 Å². The molecule has 0 unspecified atom stereocenters. The first kappa shape index (κ1) is 27.9. The Kier molecular flexibility index (Phi) is 9.19. The molecule has 2 aromatic heterocycles. The molecule has 1 fully saturated rings. The maximum atomic E-state index is 13.8. The normalized spacial score (nSPS) is 14.0. The van der Waals surface area contributed by atoms with Crippen LogP contribution >= 0.6 is 11.3 Å². The summed E-state index contributed by atoms with van der Waals surface area (Å²) in [5, 5.41) is 6.55. The van der Waals surface area contributed by atoms with Crippen LogP contribution in [0.15, 0.2) is 66.7 Å². The van der Waals surface area contributed by atoms with Gasteiger partial charge in [-0.15, -0.1) is 11.3 Å². The molecule has 2 N–H and O–H groups in total. The Morgan fingerprint density at radius 3 is 2.42 bits per heavy atom. The molecule has 3 heterocycles. The fourth-order valence-corrected chi connectivity index (χ4v) is 6.34. The second-order valence-electron chi connectivity index (χ2n) is 10.4. The Bertz CT molecular complexity index is 1420. The number of methoxy groups -OCH3 is 1. The Morgan fingerprint density at radius 1 is 0.975 bits per heavy atom. The SMILES string of the molecule is CCCNC(=O)C1CCN(C(=O)c2cc3sc(CNCc4ccccc4)cc3n2Cc2ccc(OC)cc2)CC1. The van der Waals surface area contributed by atoms with Gasteiger partial charge in [-0.25, -0.2) is 0 Å². The first-order chi connectivity index (χ1) is 19.6. The number of amides is 2. The Hall–Kier alpha value is -3.62. The van der Waals surface area contributed by atoms with Gasteiger partial charge in [0, 0.05) is 50.1 Å². The summed E-state index contributed by atoms with van der Waals surface area (Å²) in [5.41, 5.74) is 4.14. The third-order valence-corrected chi connectivity index (χ3v) is 8.60. The summed E-state index contributed by atoms with van der Waals surface area (Å²) in [6.45, 7) is 6.13. The van der Waals surface area contributed by atoms with Crippen molar-refractivity contribution in [2.45, 2.75) is 45.8 Å². The van der Waals surface area contributed by atoms with E-state index in [0.717, 1.165) is 41.0 Å². The number of piperidine rings is 1. The summed E-state index contributed by atoms with van der Waals surface area (Å²) < 4.78 is 8.60. The average molecular weight is 559 g/mol. The molecule has 210 valence electrons. The number of hydrogen-bond acceptors (Lipinski definition) is 5. The molecule has 4 aromatic rings. The van der Waals surface area contributed by atoms with Gasteiger partial charge in [0.25, 0.3) is 5.91 Å². The fourth-order valence-electron chi connectivity index (χ4n) is 5.27. The van der Waals surface area contributed by atoms with Gasteiger partial charge in [0.05, 0.1) is 17.3 Å². The van der Waals surface area contributed by atoms with Crippen LogP contribution in [0.25, 0.3) is 10.2 Å². The van der Waals surface area contributed by atoms with Crippen LogP contribution in [0.1, 0.15) is 52.7 Å². The summed E-state index contributed by atoms with van der Waals surface area (Å²) >= 11 is 1.73. The van der Waals surface area contributed by atoms with Crippen molar-refractivity contribution in [1.82, 2.24) is 20.1 Å². The molecular formula is C32H38N4O3S. The lowest BCUT2D eigenvalue weighted by Crippen LogP contribution is -2.43. The highest BCUT2D eigenvalue weighted by Crippen LogP contribution is 2.32. The average Bonchev–Trinajstić information content (AvgIpc) is 3.54. The predicted octanol–water partition coefficient (Wildman–Crippen LogP) is 5.43. The number of ether oxygens (including phenoxy) is 1. The zero-order valence-corrected chi connectivity index (χ0v) is 24.1. The number of carbonyl (C=O) groups excluding carboxylic acids is 2. The lowest BCUT2D eigenvalue weighted by molar-refractivity contribution is -0.126. The highest BCUT2D eigenvalue weighted by Gasteiger charge is 2.29. The van der Waals surface area contributed by atoms with Crippen molar-refractivity contribution < 1.29 is 14.3 Å². The van der Waals surface area contributed by atoms with Gasteiger partial charge in [-0.05, 0) is 54.7 Å². The molecule has 0 saturated carbocycles. The van der Waals surface area contributed by atoms with E-state index in [1.54, 1.807) is 18.4 Å². The standard InChI is InChI=1S/C32H38N4O3S/c1-3-15-34-31(37)25-13-16-35(17-14-25)32(38)29-19-30-28(36(29)22-24-9-11-26(39-2)12-10-24)18-27(40-30)21-33-20-23-7-5-4-6-8-23/h4-12,18-19,25,33H,3,13-17,20-22H2,1-2H3,(H,34,37). The van der Waals surface area contributed by atoms with Gasteiger partial charge in [-0.1, -0.05) is 49.4 Å². The highest BCUT2D eigenvalue weighted by atomic mass is 32.1. The number of thiophene rings is 1. The number of aromatic nitrogens is 1. The number of nitrogens with one attached hydrogen (secondary N) is 2. The second kappa shape index (κ2) is 13.2. The Labute approximate surface area is 240 Å². The molecule has 8 heteroatoms. The number of likely N-dealkylation sites (tertiary alicyclic amines) is 1. The lowest BCUT2D eigenvalue weighted by Gasteiger charge is -2.31. The van der Waals surface area contributed by atoms with Crippen molar-refractivity contribution in [3.63, 3.8) is 0 Å². The Balaban J connectivity index is 1.34. The highest BCUT2D eigenvalue weighted by molar-refractivity contribution is 7.19. The van der Waals surface area contributed by atoms with Crippen LogP contribution in [0, 0.1) is 5.92 Å². The van der Waals surface area contributed by atoms with Crippen LogP contribution in [0.3, 0.4) is 0 Å². The third kappa shape index (κ3) is 6.57. The van der Waals surface area contributed by atoms with Gasteiger partial charge < -0.3 is 24.8 Å². The molecule has 2 amide bonds. The van der Waals surface area contributed by atoms with Crippen molar-refractivity contribution in [3.8, 4) is 5.75 Å². The van der Waals surface area contributed by atoms with Crippen LogP contribution in [0.2, 0.25) is 0 Å². The van der Waals surface area contributed by atoms with E-state index in [1.165, 1.54) is 10.4 Å². The van der Waals surface area contributed by atoms with Gasteiger partial charge >= 0.3 is 0 Å². The fraction of sp³-hybridized carbons (Fsp3) is 0.375. The maximum Gasteiger partial charge on any atom is 0.270 e. The number of benzene rings is 2. The summed E-state index contributed by atoms with van der Waals surface area (Å²) in [5.74, 6) is 0.945. The predicted molar refractivity (Wildman–Crippen MR) is 161 cm³/mol. The van der Waals surface area contributed by atoms with Crippen LogP contribution in [0.5, 0.6) is 5.75 Å². The van der Waals surface area contributed by atoms with E-state index >= 15 is 0 Å². The molecule has 0 radical (unpaired) electrons. The molecule has 1 aliphatic heterocycles. The van der Waals surface area contributed by atoms with Crippen molar-refractivity contribution in [2.75, 3.05) is 26.7 Å². The van der Waals surface area contributed by atoms with Crippen molar-refractivity contribution in [2.24, 2.45) is 5.92 Å². The zero-order valence-electron chi connectivity index (χ0n) is 23.3. The minimum absolute atomic E-state index is 0.0175. The molecule has 0 bridgehead atoms. The first-order valence-electron chi connectivity index (χ1n) is 14.1. The van der Waals surface area contributed by atoms with E-state index in [1.807, 2.05) is 41.3 Å². The lowest BCUT2D eigenvalue weighted by atomic mass is 9.95. The molecular weight excluding hydrogens is 520 g/mol. The summed E-state index contributed by atoms with van der Waals surface area (Å²) in [4.78, 5) is 29.4. The van der Waals surface area contributed by atoms with Crippen molar-refractivity contribution in [3.05, 3.63) is 88.4 Å². The van der Waals surface area contributed by atoms with Crippen molar-refractivity contribution >= 4 is 33.4 Å². The molecule has 7 nitrogen and oxygen atoms in total. The Morgan fingerprint density at radius 2 is 1.73 bits per heavy atom. The molecule has 1 saturated heterocycles. The minimum atomic E-state index is -0.0175. The molecule has 0 spiro atoms. The molecule has 0 atom stereocenters. The van der Waals surface area contributed by atoms with E-state index in [2.05, 4.69) is 52.5 Å². The zero-order chi connectivity index (χ0) is 27.9. The number of carbonyl (C=O) groups is 2. The van der Waals surface area contributed by atoms with E-state index < -0.39 is 0 Å². The van der Waals surface area contributed by atoms with Gasteiger partial charge in [0.1, 0.15) is 11.4 Å². The number of nitrogens with zero attached hydrogens (tertiary/aromatic N) is 2. The summed E-state index contributed by atoms with van der Waals surface area (Å²) in [7, 11) is 1.66. The van der Waals surface area contributed by atoms with E-state index in [0.29, 0.717) is 44.7 Å². The topological polar surface area (TPSA) is 75.6 Å². The quantitative estimate of drug-likeness (QED) is 0.258. The van der Waals surface area contributed by atoms with Crippen LogP contribution < -0.4 is 15.4 Å². The largest absolute Gasteiger partial charge is 0.497 e. The van der Waals surface area contributed by atoms with Crippen molar-refractivity contribution in [1.29, 1.82) is 0 Å². The smallest absolute Gasteiger partial charge is 0.270 e. The minimum Gasteiger partial charge on any atom is -0.497 e. The van der Waals surface area contributed by atoms with E-state index in [4.69, 9.17) is 4.74 Å². The molecule has 40 heavy (non-hydrogen) atoms. The van der Waals surface area contributed by atoms with Gasteiger partial charge in [-0.2, -0.15) is 0 Å². The first-order valence-corrected chi connectivity index (χ1v) is 14.9.